The number of aryl methyl sites for hydroxylation is 1. The minimum Gasteiger partial charge on any atom is -0.341 e. The summed E-state index contributed by atoms with van der Waals surface area (Å²) < 4.78 is 0. The summed E-state index contributed by atoms with van der Waals surface area (Å²) in [4.78, 5) is 14.4. The summed E-state index contributed by atoms with van der Waals surface area (Å²) in [6.07, 6.45) is 5.89. The number of nitrogens with one attached hydrogen (secondary N) is 1. The first-order valence-electron chi connectivity index (χ1n) is 8.09. The molecule has 3 nitrogen and oxygen atoms in total. The first kappa shape index (κ1) is 18.9. The molecule has 1 aromatic carbocycles. The van der Waals surface area contributed by atoms with Crippen LogP contribution in [0.3, 0.4) is 0 Å². The highest BCUT2D eigenvalue weighted by atomic mass is 35.5. The summed E-state index contributed by atoms with van der Waals surface area (Å²) >= 11 is 11.9. The van der Waals surface area contributed by atoms with E-state index < -0.39 is 0 Å². The number of carbonyl (C=O) groups is 1. The first-order valence-corrected chi connectivity index (χ1v) is 8.85. The van der Waals surface area contributed by atoms with E-state index in [1.807, 2.05) is 23.1 Å². The number of rotatable bonds is 4. The summed E-state index contributed by atoms with van der Waals surface area (Å²) in [6.45, 7) is 1.78. The Bertz CT molecular complexity index is 553. The molecule has 6 heteroatoms. The molecule has 2 saturated heterocycles. The fraction of sp³-hybridized carbons (Fsp3) is 0.588. The first-order chi connectivity index (χ1) is 10.6. The molecule has 0 saturated carbocycles. The van der Waals surface area contributed by atoms with Crippen molar-refractivity contribution in [1.82, 2.24) is 10.2 Å². The van der Waals surface area contributed by atoms with Crippen molar-refractivity contribution in [2.24, 2.45) is 0 Å². The number of hydrogen-bond donors (Lipinski definition) is 1. The van der Waals surface area contributed by atoms with Gasteiger partial charge in [0.15, 0.2) is 0 Å². The third-order valence-corrected chi connectivity index (χ3v) is 5.46. The second-order valence-corrected chi connectivity index (χ2v) is 7.18. The number of hydrogen-bond acceptors (Lipinski definition) is 2. The lowest BCUT2D eigenvalue weighted by atomic mass is 10.1. The van der Waals surface area contributed by atoms with Gasteiger partial charge < -0.3 is 10.2 Å². The molecule has 0 aliphatic carbocycles. The molecular weight excluding hydrogens is 355 g/mol. The molecular formula is C17H23Cl3N2O. The number of benzene rings is 1. The van der Waals surface area contributed by atoms with E-state index in [9.17, 15) is 4.79 Å². The lowest BCUT2D eigenvalue weighted by Crippen LogP contribution is -2.38. The normalized spacial score (nSPS) is 23.3. The largest absolute Gasteiger partial charge is 0.341 e. The van der Waals surface area contributed by atoms with E-state index in [4.69, 9.17) is 23.2 Å². The Labute approximate surface area is 154 Å². The van der Waals surface area contributed by atoms with E-state index in [0.29, 0.717) is 28.5 Å². The molecule has 23 heavy (non-hydrogen) atoms. The van der Waals surface area contributed by atoms with E-state index in [1.165, 1.54) is 12.8 Å². The molecule has 1 N–H and O–H groups in total. The maximum absolute atomic E-state index is 12.4. The van der Waals surface area contributed by atoms with Crippen LogP contribution >= 0.6 is 35.6 Å². The third kappa shape index (κ3) is 4.99. The molecule has 2 fully saturated rings. The van der Waals surface area contributed by atoms with Crippen molar-refractivity contribution in [2.75, 3.05) is 13.1 Å². The third-order valence-electron chi connectivity index (χ3n) is 4.72. The number of nitrogens with zero attached hydrogens (tertiary/aromatic N) is 1. The molecule has 2 bridgehead atoms. The van der Waals surface area contributed by atoms with Gasteiger partial charge >= 0.3 is 0 Å². The topological polar surface area (TPSA) is 32.3 Å². The number of halogens is 3. The molecule has 128 valence electrons. The molecule has 2 unspecified atom stereocenters. The Morgan fingerprint density at radius 3 is 2.74 bits per heavy atom. The maximum atomic E-state index is 12.4. The van der Waals surface area contributed by atoms with Crippen molar-refractivity contribution in [3.63, 3.8) is 0 Å². The molecule has 2 aliphatic rings. The van der Waals surface area contributed by atoms with Gasteiger partial charge in [0.1, 0.15) is 0 Å². The summed E-state index contributed by atoms with van der Waals surface area (Å²) in [6, 6.07) is 6.82. The van der Waals surface area contributed by atoms with E-state index in [2.05, 4.69) is 5.32 Å². The fourth-order valence-electron chi connectivity index (χ4n) is 3.47. The molecule has 1 amide bonds. The lowest BCUT2D eigenvalue weighted by Gasteiger charge is -2.24. The fourth-order valence-corrected chi connectivity index (χ4v) is 3.79. The summed E-state index contributed by atoms with van der Waals surface area (Å²) in [5.74, 6) is 0.286. The predicted molar refractivity (Wildman–Crippen MR) is 97.8 cm³/mol. The Morgan fingerprint density at radius 1 is 1.17 bits per heavy atom. The number of carbonyl (C=O) groups excluding carboxylic acids is 1. The van der Waals surface area contributed by atoms with Crippen molar-refractivity contribution in [1.29, 1.82) is 0 Å². The van der Waals surface area contributed by atoms with Crippen LogP contribution in [0.25, 0.3) is 0 Å². The average molecular weight is 378 g/mol. The zero-order valence-electron chi connectivity index (χ0n) is 13.1. The second-order valence-electron chi connectivity index (χ2n) is 6.37. The van der Waals surface area contributed by atoms with Gasteiger partial charge in [-0.2, -0.15) is 0 Å². The van der Waals surface area contributed by atoms with Gasteiger partial charge in [0.2, 0.25) is 5.91 Å². The number of amides is 1. The highest BCUT2D eigenvalue weighted by Crippen LogP contribution is 2.24. The molecule has 2 heterocycles. The minimum atomic E-state index is 0. The zero-order chi connectivity index (χ0) is 15.5. The van der Waals surface area contributed by atoms with Crippen LogP contribution in [0.2, 0.25) is 10.0 Å². The molecule has 0 spiro atoms. The molecule has 2 atom stereocenters. The van der Waals surface area contributed by atoms with Crippen LogP contribution in [0.4, 0.5) is 0 Å². The summed E-state index contributed by atoms with van der Waals surface area (Å²) in [7, 11) is 0. The monoisotopic (exact) mass is 376 g/mol. The standard InChI is InChI=1S/C17H22Cl2N2O.ClH/c18-15-7-4-12(10-16(15)19)2-1-3-17(22)21-9-8-13-5-6-14(11-21)20-13;/h4,7,10,13-14,20H,1-3,5-6,8-9,11H2;1H. The van der Waals surface area contributed by atoms with E-state index in [-0.39, 0.29) is 18.3 Å². The Morgan fingerprint density at radius 2 is 1.96 bits per heavy atom. The number of likely N-dealkylation sites (tertiary alicyclic amines) is 1. The maximum Gasteiger partial charge on any atom is 0.222 e. The van der Waals surface area contributed by atoms with E-state index in [1.54, 1.807) is 0 Å². The zero-order valence-corrected chi connectivity index (χ0v) is 15.4. The van der Waals surface area contributed by atoms with Crippen molar-refractivity contribution in [2.45, 2.75) is 50.6 Å². The minimum absolute atomic E-state index is 0. The summed E-state index contributed by atoms with van der Waals surface area (Å²) in [5, 5.41) is 4.77. The predicted octanol–water partition coefficient (Wildman–Crippen LogP) is 4.09. The average Bonchev–Trinajstić information content (AvgIpc) is 2.82. The van der Waals surface area contributed by atoms with Gasteiger partial charge in [-0.05, 0) is 49.8 Å². The van der Waals surface area contributed by atoms with Crippen LogP contribution in [0, 0.1) is 0 Å². The van der Waals surface area contributed by atoms with Crippen molar-refractivity contribution in [3.8, 4) is 0 Å². The van der Waals surface area contributed by atoms with Gasteiger partial charge in [-0.1, -0.05) is 29.3 Å². The highest BCUT2D eigenvalue weighted by molar-refractivity contribution is 6.42. The smallest absolute Gasteiger partial charge is 0.222 e. The van der Waals surface area contributed by atoms with Gasteiger partial charge in [0.05, 0.1) is 10.0 Å². The van der Waals surface area contributed by atoms with Crippen LogP contribution in [0.1, 0.15) is 37.7 Å². The van der Waals surface area contributed by atoms with Gasteiger partial charge in [-0.25, -0.2) is 0 Å². The highest BCUT2D eigenvalue weighted by Gasteiger charge is 2.30. The second kappa shape index (κ2) is 8.57. The van der Waals surface area contributed by atoms with Gasteiger partial charge in [0, 0.05) is 31.6 Å². The molecule has 0 radical (unpaired) electrons. The van der Waals surface area contributed by atoms with E-state index in [0.717, 1.165) is 37.9 Å². The molecule has 3 rings (SSSR count). The van der Waals surface area contributed by atoms with Gasteiger partial charge in [-0.15, -0.1) is 12.4 Å². The van der Waals surface area contributed by atoms with Crippen molar-refractivity contribution in [3.05, 3.63) is 33.8 Å². The Balaban J connectivity index is 0.00000192. The van der Waals surface area contributed by atoms with Crippen LogP contribution in [-0.4, -0.2) is 36.0 Å². The summed E-state index contributed by atoms with van der Waals surface area (Å²) in [5.41, 5.74) is 1.14. The number of fused-ring (bicyclic) bond motifs is 2. The molecule has 2 aliphatic heterocycles. The lowest BCUT2D eigenvalue weighted by molar-refractivity contribution is -0.131. The molecule has 0 aromatic heterocycles. The SMILES string of the molecule is Cl.O=C(CCCc1ccc(Cl)c(Cl)c1)N1CCC2CCC(C1)N2. The van der Waals surface area contributed by atoms with Crippen LogP contribution in [0.15, 0.2) is 18.2 Å². The Kier molecular flexibility index (Phi) is 7.02. The van der Waals surface area contributed by atoms with Crippen LogP contribution in [0.5, 0.6) is 0 Å². The van der Waals surface area contributed by atoms with Crippen LogP contribution < -0.4 is 5.32 Å². The van der Waals surface area contributed by atoms with Crippen molar-refractivity contribution >= 4 is 41.5 Å². The van der Waals surface area contributed by atoms with Gasteiger partial charge in [-0.3, -0.25) is 4.79 Å². The van der Waals surface area contributed by atoms with Crippen LogP contribution in [-0.2, 0) is 11.2 Å². The van der Waals surface area contributed by atoms with Gasteiger partial charge in [0.25, 0.3) is 0 Å². The van der Waals surface area contributed by atoms with E-state index >= 15 is 0 Å². The molecule has 1 aromatic rings. The quantitative estimate of drug-likeness (QED) is 0.857. The Hall–Kier alpha value is -0.480. The van der Waals surface area contributed by atoms with Crippen molar-refractivity contribution < 1.29 is 4.79 Å².